The highest BCUT2D eigenvalue weighted by molar-refractivity contribution is 7.30. The van der Waals surface area contributed by atoms with E-state index in [4.69, 9.17) is 14.4 Å². The van der Waals surface area contributed by atoms with Crippen molar-refractivity contribution in [1.82, 2.24) is 12.3 Å². The number of hydrogen-bond donors (Lipinski definition) is 4. The van der Waals surface area contributed by atoms with Crippen molar-refractivity contribution in [3.63, 3.8) is 0 Å². The molecule has 0 saturated carbocycles. The third-order valence-electron chi connectivity index (χ3n) is 0. The fraction of sp³-hybridized carbons (Fsp3) is 0. The standard InChI is InChI=1S/C2H4.2H3N.H3O3P/c1-2;;;1-4(2)3/h1-2H2;2*1H3;4H,(H2,1,2,3). The average molecular weight is 144 g/mol. The molecule has 0 radical (unpaired) electrons. The van der Waals surface area contributed by atoms with Crippen LogP contribution in [0.15, 0.2) is 13.2 Å². The summed E-state index contributed by atoms with van der Waals surface area (Å²) in [5, 5.41) is 0. The largest absolute Gasteiger partial charge is 0.344 e. The lowest BCUT2D eigenvalue weighted by atomic mass is 11.3. The van der Waals surface area contributed by atoms with E-state index in [1.165, 1.54) is 0 Å². The second kappa shape index (κ2) is 29.1. The van der Waals surface area contributed by atoms with Crippen LogP contribution in [0.4, 0.5) is 0 Å². The van der Waals surface area contributed by atoms with Gasteiger partial charge in [-0.25, -0.2) is 0 Å². The van der Waals surface area contributed by atoms with Crippen molar-refractivity contribution >= 4 is 8.25 Å². The van der Waals surface area contributed by atoms with Crippen molar-refractivity contribution in [3.8, 4) is 0 Å². The highest BCUT2D eigenvalue weighted by atomic mass is 31.1. The summed E-state index contributed by atoms with van der Waals surface area (Å²) in [6.07, 6.45) is 0. The topological polar surface area (TPSA) is 128 Å². The molecule has 0 aliphatic carbocycles. The third-order valence-corrected chi connectivity index (χ3v) is 0. The van der Waals surface area contributed by atoms with E-state index in [0.29, 0.717) is 0 Å². The lowest BCUT2D eigenvalue weighted by molar-refractivity contribution is 0.405. The van der Waals surface area contributed by atoms with E-state index in [1.807, 2.05) is 0 Å². The number of rotatable bonds is 0. The molecular formula is C2H13N2O3P. The quantitative estimate of drug-likeness (QED) is 0.290. The molecule has 0 aromatic heterocycles. The Balaban J connectivity index is -0.0000000183. The van der Waals surface area contributed by atoms with Crippen LogP contribution in [0.3, 0.4) is 0 Å². The van der Waals surface area contributed by atoms with Crippen LogP contribution in [0.2, 0.25) is 0 Å². The normalized spacial score (nSPS) is 4.88. The summed E-state index contributed by atoms with van der Waals surface area (Å²) in [7, 11) is -3.13. The van der Waals surface area contributed by atoms with E-state index in [0.717, 1.165) is 0 Å². The van der Waals surface area contributed by atoms with Crippen LogP contribution in [0.1, 0.15) is 0 Å². The summed E-state index contributed by atoms with van der Waals surface area (Å²) >= 11 is 0. The first kappa shape index (κ1) is 25.0. The molecule has 6 heteroatoms. The Kier molecular flexibility index (Phi) is 90.8. The zero-order valence-electron chi connectivity index (χ0n) is 4.63. The van der Waals surface area contributed by atoms with Crippen LogP contribution in [-0.2, 0) is 4.57 Å². The van der Waals surface area contributed by atoms with Gasteiger partial charge in [0.25, 0.3) is 0 Å². The van der Waals surface area contributed by atoms with Crippen LogP contribution in [0, 0.1) is 0 Å². The lowest BCUT2D eigenvalue weighted by Gasteiger charge is -1.61. The molecule has 0 rings (SSSR count). The minimum atomic E-state index is -3.13. The Hall–Kier alpha value is -0.190. The van der Waals surface area contributed by atoms with Gasteiger partial charge in [-0.15, -0.1) is 13.2 Å². The summed E-state index contributed by atoms with van der Waals surface area (Å²) < 4.78 is 8.74. The second-order valence-corrected chi connectivity index (χ2v) is 0.848. The average Bonchev–Trinajstić information content (AvgIpc) is 1.41. The lowest BCUT2D eigenvalue weighted by Crippen LogP contribution is -1.38. The first-order chi connectivity index (χ1) is 2.73. The Bertz CT molecular complexity index is 46.5. The minimum absolute atomic E-state index is 0. The molecule has 0 unspecified atom stereocenters. The molecular weight excluding hydrogens is 131 g/mol. The van der Waals surface area contributed by atoms with Gasteiger partial charge in [0.1, 0.15) is 0 Å². The van der Waals surface area contributed by atoms with Crippen molar-refractivity contribution in [2.24, 2.45) is 0 Å². The SMILES string of the molecule is C=C.N.N.O=[PH](O)O. The molecule has 0 amide bonds. The molecule has 8 heavy (non-hydrogen) atoms. The van der Waals surface area contributed by atoms with Gasteiger partial charge in [-0.05, 0) is 0 Å². The predicted molar refractivity (Wildman–Crippen MR) is 34.7 cm³/mol. The van der Waals surface area contributed by atoms with Gasteiger partial charge in [0.2, 0.25) is 0 Å². The van der Waals surface area contributed by atoms with Gasteiger partial charge >= 0.3 is 8.25 Å². The maximum Gasteiger partial charge on any atom is 0.314 e. The molecule has 0 bridgehead atoms. The third kappa shape index (κ3) is 3720. The highest BCUT2D eigenvalue weighted by Crippen LogP contribution is 1.98. The molecule has 0 aromatic rings. The summed E-state index contributed by atoms with van der Waals surface area (Å²) in [5.74, 6) is 0. The summed E-state index contributed by atoms with van der Waals surface area (Å²) in [5.41, 5.74) is 0. The summed E-state index contributed by atoms with van der Waals surface area (Å²) in [6, 6.07) is 0. The van der Waals surface area contributed by atoms with Crippen LogP contribution in [0.25, 0.3) is 0 Å². The van der Waals surface area contributed by atoms with Gasteiger partial charge in [0.05, 0.1) is 0 Å². The van der Waals surface area contributed by atoms with Gasteiger partial charge in [-0.1, -0.05) is 0 Å². The molecule has 0 aromatic carbocycles. The molecule has 0 atom stereocenters. The van der Waals surface area contributed by atoms with Gasteiger partial charge in [-0.3, -0.25) is 4.57 Å². The summed E-state index contributed by atoms with van der Waals surface area (Å²) in [6.45, 7) is 6.00. The number of hydrogen-bond acceptors (Lipinski definition) is 3. The van der Waals surface area contributed by atoms with Gasteiger partial charge in [0.15, 0.2) is 0 Å². The molecule has 54 valence electrons. The minimum Gasteiger partial charge on any atom is -0.344 e. The van der Waals surface area contributed by atoms with Crippen LogP contribution < -0.4 is 12.3 Å². The Labute approximate surface area is 49.2 Å². The predicted octanol–water partition coefficient (Wildman–Crippen LogP) is 0.487. The van der Waals surface area contributed by atoms with Crippen molar-refractivity contribution in [1.29, 1.82) is 0 Å². The highest BCUT2D eigenvalue weighted by Gasteiger charge is 1.61. The van der Waals surface area contributed by atoms with E-state index < -0.39 is 8.25 Å². The molecule has 0 saturated heterocycles. The van der Waals surface area contributed by atoms with Crippen molar-refractivity contribution in [2.75, 3.05) is 0 Å². The second-order valence-electron chi connectivity index (χ2n) is 0.283. The molecule has 0 spiro atoms. The first-order valence-electron chi connectivity index (χ1n) is 1.15. The van der Waals surface area contributed by atoms with Gasteiger partial charge in [0, 0.05) is 0 Å². The maximum absolute atomic E-state index is 8.74. The maximum atomic E-state index is 8.74. The van der Waals surface area contributed by atoms with E-state index >= 15 is 0 Å². The molecule has 0 fully saturated rings. The van der Waals surface area contributed by atoms with E-state index in [9.17, 15) is 0 Å². The van der Waals surface area contributed by atoms with Gasteiger partial charge in [-0.2, -0.15) is 0 Å². The van der Waals surface area contributed by atoms with Crippen molar-refractivity contribution in [3.05, 3.63) is 13.2 Å². The monoisotopic (exact) mass is 144 g/mol. The van der Waals surface area contributed by atoms with Crippen LogP contribution in [0.5, 0.6) is 0 Å². The molecule has 0 aliphatic heterocycles. The van der Waals surface area contributed by atoms with E-state index in [-0.39, 0.29) is 12.3 Å². The van der Waals surface area contributed by atoms with Crippen molar-refractivity contribution in [2.45, 2.75) is 0 Å². The summed E-state index contributed by atoms with van der Waals surface area (Å²) in [4.78, 5) is 14.3. The van der Waals surface area contributed by atoms with E-state index in [2.05, 4.69) is 13.2 Å². The smallest absolute Gasteiger partial charge is 0.314 e. The molecule has 8 N–H and O–H groups in total. The van der Waals surface area contributed by atoms with Crippen LogP contribution in [-0.4, -0.2) is 9.79 Å². The molecule has 5 nitrogen and oxygen atoms in total. The fourth-order valence-corrected chi connectivity index (χ4v) is 0. The molecule has 0 heterocycles. The zero-order valence-corrected chi connectivity index (χ0v) is 5.63. The van der Waals surface area contributed by atoms with Gasteiger partial charge < -0.3 is 22.1 Å². The first-order valence-corrected chi connectivity index (χ1v) is 2.45. The molecule has 0 aliphatic rings. The Morgan fingerprint density at radius 1 is 1.12 bits per heavy atom. The fourth-order valence-electron chi connectivity index (χ4n) is 0. The van der Waals surface area contributed by atoms with E-state index in [1.54, 1.807) is 0 Å². The Morgan fingerprint density at radius 2 is 1.12 bits per heavy atom. The van der Waals surface area contributed by atoms with Crippen molar-refractivity contribution < 1.29 is 14.4 Å². The zero-order chi connectivity index (χ0) is 5.58. The van der Waals surface area contributed by atoms with Crippen LogP contribution >= 0.6 is 8.25 Å². The Morgan fingerprint density at radius 3 is 1.12 bits per heavy atom.